The van der Waals surface area contributed by atoms with Crippen LogP contribution in [0.4, 0.5) is 0 Å². The van der Waals surface area contributed by atoms with Gasteiger partial charge in [0.15, 0.2) is 0 Å². The Bertz CT molecular complexity index is 725. The molecule has 0 spiro atoms. The molecule has 0 aliphatic carbocycles. The van der Waals surface area contributed by atoms with E-state index in [-0.39, 0.29) is 10.9 Å². The van der Waals surface area contributed by atoms with Gasteiger partial charge >= 0.3 is 17.4 Å². The Balaban J connectivity index is 2.83. The molecule has 6 nitrogen and oxygen atoms in total. The summed E-state index contributed by atoms with van der Waals surface area (Å²) in [6.07, 6.45) is 0. The van der Waals surface area contributed by atoms with E-state index in [0.717, 1.165) is 0 Å². The fraction of sp³-hybridized carbons (Fsp3) is 0.250. The largest absolute Gasteiger partial charge is 0.465 e. The van der Waals surface area contributed by atoms with E-state index in [1.54, 1.807) is 6.92 Å². The van der Waals surface area contributed by atoms with Crippen LogP contribution in [0.15, 0.2) is 32.2 Å². The van der Waals surface area contributed by atoms with Crippen LogP contribution >= 0.6 is 0 Å². The van der Waals surface area contributed by atoms with Crippen molar-refractivity contribution in [3.63, 3.8) is 0 Å². The van der Waals surface area contributed by atoms with E-state index in [1.807, 2.05) is 0 Å². The van der Waals surface area contributed by atoms with Crippen LogP contribution in [0.5, 0.6) is 0 Å². The van der Waals surface area contributed by atoms with Crippen molar-refractivity contribution in [2.45, 2.75) is 13.5 Å². The number of nitrogens with zero attached hydrogens (tertiary/aromatic N) is 1. The highest BCUT2D eigenvalue weighted by atomic mass is 16.5. The first kappa shape index (κ1) is 12.1. The Morgan fingerprint density at radius 3 is 2.72 bits per heavy atom. The van der Waals surface area contributed by atoms with Crippen LogP contribution in [0.1, 0.15) is 17.3 Å². The summed E-state index contributed by atoms with van der Waals surface area (Å²) >= 11 is 0. The Labute approximate surface area is 101 Å². The number of hydrogen-bond acceptors (Lipinski definition) is 5. The van der Waals surface area contributed by atoms with Crippen molar-refractivity contribution in [1.82, 2.24) is 4.57 Å². The van der Waals surface area contributed by atoms with Crippen molar-refractivity contribution in [2.75, 3.05) is 7.11 Å². The molecule has 94 valence electrons. The second-order valence-electron chi connectivity index (χ2n) is 3.62. The monoisotopic (exact) mass is 249 g/mol. The number of carbonyl (C=O) groups is 1. The zero-order valence-corrected chi connectivity index (χ0v) is 9.93. The first-order valence-electron chi connectivity index (χ1n) is 5.34. The van der Waals surface area contributed by atoms with Crippen molar-refractivity contribution >= 4 is 16.9 Å². The van der Waals surface area contributed by atoms with Crippen LogP contribution in [-0.4, -0.2) is 17.6 Å². The number of ether oxygens (including phenoxy) is 1. The van der Waals surface area contributed by atoms with Gasteiger partial charge in [0.1, 0.15) is 0 Å². The van der Waals surface area contributed by atoms with Crippen molar-refractivity contribution in [3.05, 3.63) is 44.7 Å². The maximum Gasteiger partial charge on any atom is 0.422 e. The van der Waals surface area contributed by atoms with Crippen molar-refractivity contribution in [2.24, 2.45) is 0 Å². The smallest absolute Gasteiger partial charge is 0.422 e. The fourth-order valence-electron chi connectivity index (χ4n) is 1.77. The SMILES string of the molecule is CCn1c(=O)oc(=O)c2cc(C(=O)OC)ccc21. The normalized spacial score (nSPS) is 10.6. The number of rotatable bonds is 2. The van der Waals surface area contributed by atoms with Crippen LogP contribution in [0.25, 0.3) is 10.9 Å². The molecule has 0 bridgehead atoms. The maximum absolute atomic E-state index is 11.6. The number of benzene rings is 1. The quantitative estimate of drug-likeness (QED) is 0.734. The minimum Gasteiger partial charge on any atom is -0.465 e. The number of aromatic nitrogens is 1. The molecule has 2 aromatic rings. The molecule has 0 N–H and O–H groups in total. The van der Waals surface area contributed by atoms with E-state index in [2.05, 4.69) is 9.15 Å². The van der Waals surface area contributed by atoms with Crippen LogP contribution in [0.3, 0.4) is 0 Å². The van der Waals surface area contributed by atoms with Gasteiger partial charge in [-0.2, -0.15) is 0 Å². The summed E-state index contributed by atoms with van der Waals surface area (Å²) in [6, 6.07) is 4.39. The van der Waals surface area contributed by atoms with Crippen LogP contribution in [0, 0.1) is 0 Å². The first-order chi connectivity index (χ1) is 8.58. The molecule has 6 heteroatoms. The summed E-state index contributed by atoms with van der Waals surface area (Å²) in [7, 11) is 1.25. The number of hydrogen-bond donors (Lipinski definition) is 0. The van der Waals surface area contributed by atoms with Crippen LogP contribution in [0.2, 0.25) is 0 Å². The highest BCUT2D eigenvalue weighted by Gasteiger charge is 2.12. The minimum atomic E-state index is -0.759. The summed E-state index contributed by atoms with van der Waals surface area (Å²) in [4.78, 5) is 34.4. The molecular formula is C12H11NO5. The van der Waals surface area contributed by atoms with Gasteiger partial charge in [0.2, 0.25) is 0 Å². The molecule has 0 radical (unpaired) electrons. The summed E-state index contributed by atoms with van der Waals surface area (Å²) in [5.41, 5.74) is -0.0875. The van der Waals surface area contributed by atoms with Crippen molar-refractivity contribution in [3.8, 4) is 0 Å². The van der Waals surface area contributed by atoms with Gasteiger partial charge in [-0.05, 0) is 25.1 Å². The highest BCUT2D eigenvalue weighted by Crippen LogP contribution is 2.12. The van der Waals surface area contributed by atoms with Crippen molar-refractivity contribution in [1.29, 1.82) is 0 Å². The van der Waals surface area contributed by atoms with Crippen LogP contribution < -0.4 is 11.4 Å². The molecule has 0 fully saturated rings. The van der Waals surface area contributed by atoms with Gasteiger partial charge in [0.05, 0.1) is 23.6 Å². The topological polar surface area (TPSA) is 78.5 Å². The number of esters is 1. The van der Waals surface area contributed by atoms with Crippen molar-refractivity contribution < 1.29 is 13.9 Å². The molecule has 0 aliphatic heterocycles. The van der Waals surface area contributed by atoms with Gasteiger partial charge in [-0.1, -0.05) is 0 Å². The third-order valence-electron chi connectivity index (χ3n) is 2.64. The molecule has 1 aromatic heterocycles. The van der Waals surface area contributed by atoms with Gasteiger partial charge in [-0.15, -0.1) is 0 Å². The Morgan fingerprint density at radius 1 is 1.39 bits per heavy atom. The Morgan fingerprint density at radius 2 is 2.11 bits per heavy atom. The van der Waals surface area contributed by atoms with Crippen LogP contribution in [-0.2, 0) is 11.3 Å². The lowest BCUT2D eigenvalue weighted by Gasteiger charge is -2.06. The van der Waals surface area contributed by atoms with Gasteiger partial charge in [-0.25, -0.2) is 14.4 Å². The van der Waals surface area contributed by atoms with E-state index >= 15 is 0 Å². The molecule has 0 aliphatic rings. The first-order valence-corrected chi connectivity index (χ1v) is 5.34. The average molecular weight is 249 g/mol. The number of methoxy groups -OCH3 is 1. The van der Waals surface area contributed by atoms with Gasteiger partial charge in [0.25, 0.3) is 0 Å². The Hall–Kier alpha value is -2.37. The molecule has 2 rings (SSSR count). The van der Waals surface area contributed by atoms with E-state index in [4.69, 9.17) is 0 Å². The maximum atomic E-state index is 11.6. The second kappa shape index (κ2) is 4.48. The van der Waals surface area contributed by atoms with E-state index in [0.29, 0.717) is 12.1 Å². The highest BCUT2D eigenvalue weighted by molar-refractivity contribution is 5.94. The van der Waals surface area contributed by atoms with E-state index in [9.17, 15) is 14.4 Å². The zero-order chi connectivity index (χ0) is 13.3. The number of fused-ring (bicyclic) bond motifs is 1. The molecule has 0 saturated heterocycles. The third kappa shape index (κ3) is 1.81. The molecule has 0 amide bonds. The predicted molar refractivity (Wildman–Crippen MR) is 63.8 cm³/mol. The minimum absolute atomic E-state index is 0.180. The number of carbonyl (C=O) groups excluding carboxylic acids is 1. The number of aryl methyl sites for hydroxylation is 1. The fourth-order valence-corrected chi connectivity index (χ4v) is 1.77. The second-order valence-corrected chi connectivity index (χ2v) is 3.62. The van der Waals surface area contributed by atoms with Gasteiger partial charge < -0.3 is 9.15 Å². The Kier molecular flexibility index (Phi) is 3.01. The molecule has 0 atom stereocenters. The standard InChI is InChI=1S/C12H11NO5/c1-3-13-9-5-4-7(10(14)17-2)6-8(9)11(15)18-12(13)16/h4-6H,3H2,1-2H3. The van der Waals surface area contributed by atoms with Gasteiger partial charge in [0, 0.05) is 6.54 Å². The average Bonchev–Trinajstić information content (AvgIpc) is 2.38. The molecule has 1 aromatic carbocycles. The summed E-state index contributed by atoms with van der Waals surface area (Å²) in [5.74, 6) is -1.26. The third-order valence-corrected chi connectivity index (χ3v) is 2.64. The summed E-state index contributed by atoms with van der Waals surface area (Å²) in [5, 5.41) is 0.180. The predicted octanol–water partition coefficient (Wildman–Crippen LogP) is 0.761. The molecule has 0 saturated carbocycles. The molecule has 18 heavy (non-hydrogen) atoms. The lowest BCUT2D eigenvalue weighted by molar-refractivity contribution is 0.0601. The molecular weight excluding hydrogens is 238 g/mol. The zero-order valence-electron chi connectivity index (χ0n) is 9.93. The summed E-state index contributed by atoms with van der Waals surface area (Å²) in [6.45, 7) is 2.13. The molecule has 0 unspecified atom stereocenters. The summed E-state index contributed by atoms with van der Waals surface area (Å²) < 4.78 is 10.5. The molecule has 1 heterocycles. The lowest BCUT2D eigenvalue weighted by atomic mass is 10.1. The van der Waals surface area contributed by atoms with E-state index in [1.165, 1.54) is 29.9 Å². The van der Waals surface area contributed by atoms with Gasteiger partial charge in [-0.3, -0.25) is 4.57 Å². The van der Waals surface area contributed by atoms with E-state index < -0.39 is 17.4 Å². The lowest BCUT2D eigenvalue weighted by Crippen LogP contribution is -2.24.